The summed E-state index contributed by atoms with van der Waals surface area (Å²) in [4.78, 5) is 13.1. The number of hydrogen-bond acceptors (Lipinski definition) is 7. The summed E-state index contributed by atoms with van der Waals surface area (Å²) < 4.78 is 17.6. The smallest absolute Gasteiger partial charge is 0.251 e. The summed E-state index contributed by atoms with van der Waals surface area (Å²) in [6.45, 7) is 0.484. The van der Waals surface area contributed by atoms with Crippen LogP contribution in [0.2, 0.25) is 0 Å². The third-order valence-corrected chi connectivity index (χ3v) is 5.37. The maximum absolute atomic E-state index is 13.1. The van der Waals surface area contributed by atoms with Crippen LogP contribution in [0.4, 0.5) is 0 Å². The first-order valence-electron chi connectivity index (χ1n) is 10.6. The summed E-state index contributed by atoms with van der Waals surface area (Å²) in [5, 5.41) is 14.4. The van der Waals surface area contributed by atoms with E-state index in [1.807, 2.05) is 54.6 Å². The molecule has 0 saturated heterocycles. The Morgan fingerprint density at radius 2 is 1.68 bits per heavy atom. The molecule has 9 heteroatoms. The standard InChI is InChI=1S/C25H25N5O4/c1-32-21-6-4-17(5-7-21)10-11-26-25(31)19-12-18(13-20(14-19)30-16-27-28-29-30)23-15-22(33-2)8-9-24(23)34-3/h4-9,12-16H,10-11H2,1-3H3,(H,26,31). The van der Waals surface area contributed by atoms with Crippen LogP contribution in [0.25, 0.3) is 16.8 Å². The minimum Gasteiger partial charge on any atom is -0.497 e. The summed E-state index contributed by atoms with van der Waals surface area (Å²) in [5.74, 6) is 1.92. The minimum absolute atomic E-state index is 0.202. The molecule has 34 heavy (non-hydrogen) atoms. The van der Waals surface area contributed by atoms with Gasteiger partial charge in [-0.2, -0.15) is 0 Å². The van der Waals surface area contributed by atoms with E-state index in [2.05, 4.69) is 20.8 Å². The topological polar surface area (TPSA) is 100 Å². The van der Waals surface area contributed by atoms with E-state index in [0.717, 1.165) is 22.4 Å². The van der Waals surface area contributed by atoms with Crippen LogP contribution in [-0.2, 0) is 6.42 Å². The highest BCUT2D eigenvalue weighted by atomic mass is 16.5. The Kier molecular flexibility index (Phi) is 7.02. The fraction of sp³-hybridized carbons (Fsp3) is 0.200. The van der Waals surface area contributed by atoms with Gasteiger partial charge in [-0.25, -0.2) is 4.68 Å². The van der Waals surface area contributed by atoms with Crippen LogP contribution < -0.4 is 19.5 Å². The van der Waals surface area contributed by atoms with Crippen molar-refractivity contribution in [3.8, 4) is 34.1 Å². The molecule has 0 bridgehead atoms. The van der Waals surface area contributed by atoms with Gasteiger partial charge in [-0.15, -0.1) is 5.10 Å². The molecule has 0 aliphatic rings. The Morgan fingerprint density at radius 3 is 2.35 bits per heavy atom. The van der Waals surface area contributed by atoms with E-state index in [4.69, 9.17) is 14.2 Å². The van der Waals surface area contributed by atoms with Gasteiger partial charge in [0.05, 0.1) is 27.0 Å². The number of nitrogens with one attached hydrogen (secondary N) is 1. The van der Waals surface area contributed by atoms with Gasteiger partial charge in [-0.1, -0.05) is 12.1 Å². The molecule has 9 nitrogen and oxygen atoms in total. The van der Waals surface area contributed by atoms with Gasteiger partial charge in [0.1, 0.15) is 23.6 Å². The number of ether oxygens (including phenoxy) is 3. The Labute approximate surface area is 197 Å². The van der Waals surface area contributed by atoms with E-state index in [1.165, 1.54) is 11.0 Å². The second-order valence-corrected chi connectivity index (χ2v) is 7.44. The van der Waals surface area contributed by atoms with E-state index in [1.54, 1.807) is 27.4 Å². The lowest BCUT2D eigenvalue weighted by molar-refractivity contribution is 0.0954. The molecule has 3 aromatic carbocycles. The number of amides is 1. The lowest BCUT2D eigenvalue weighted by atomic mass is 10.00. The quantitative estimate of drug-likeness (QED) is 0.410. The molecule has 0 atom stereocenters. The summed E-state index contributed by atoms with van der Waals surface area (Å²) >= 11 is 0. The monoisotopic (exact) mass is 459 g/mol. The average molecular weight is 460 g/mol. The van der Waals surface area contributed by atoms with Crippen LogP contribution in [0, 0.1) is 0 Å². The van der Waals surface area contributed by atoms with Crippen LogP contribution in [0.3, 0.4) is 0 Å². The molecular formula is C25H25N5O4. The van der Waals surface area contributed by atoms with Gasteiger partial charge in [-0.3, -0.25) is 4.79 Å². The van der Waals surface area contributed by atoms with Crippen molar-refractivity contribution in [3.63, 3.8) is 0 Å². The van der Waals surface area contributed by atoms with Crippen molar-refractivity contribution in [1.29, 1.82) is 0 Å². The van der Waals surface area contributed by atoms with E-state index in [9.17, 15) is 4.79 Å². The fourth-order valence-corrected chi connectivity index (χ4v) is 3.56. The van der Waals surface area contributed by atoms with Crippen LogP contribution in [0.5, 0.6) is 17.2 Å². The molecule has 1 amide bonds. The van der Waals surface area contributed by atoms with Gasteiger partial charge in [0.2, 0.25) is 0 Å². The molecule has 0 aliphatic heterocycles. The zero-order valence-electron chi connectivity index (χ0n) is 19.2. The van der Waals surface area contributed by atoms with Gasteiger partial charge in [0.15, 0.2) is 0 Å². The summed E-state index contributed by atoms with van der Waals surface area (Å²) in [6, 6.07) is 18.7. The predicted molar refractivity (Wildman–Crippen MR) is 127 cm³/mol. The SMILES string of the molecule is COc1ccc(CCNC(=O)c2cc(-c3cc(OC)ccc3OC)cc(-n3cnnn3)c2)cc1. The van der Waals surface area contributed by atoms with Crippen molar-refractivity contribution in [3.05, 3.63) is 78.1 Å². The highest BCUT2D eigenvalue weighted by molar-refractivity contribution is 5.96. The van der Waals surface area contributed by atoms with Gasteiger partial charge in [0, 0.05) is 17.7 Å². The normalized spacial score (nSPS) is 10.6. The Balaban J connectivity index is 1.61. The van der Waals surface area contributed by atoms with Crippen molar-refractivity contribution in [1.82, 2.24) is 25.5 Å². The van der Waals surface area contributed by atoms with Crippen molar-refractivity contribution in [2.24, 2.45) is 0 Å². The van der Waals surface area contributed by atoms with E-state index in [0.29, 0.717) is 35.7 Å². The van der Waals surface area contributed by atoms with Crippen molar-refractivity contribution < 1.29 is 19.0 Å². The summed E-state index contributed by atoms with van der Waals surface area (Å²) in [5.41, 5.74) is 3.77. The van der Waals surface area contributed by atoms with Crippen LogP contribution in [-0.4, -0.2) is 54.0 Å². The number of nitrogens with zero attached hydrogens (tertiary/aromatic N) is 4. The number of aromatic nitrogens is 4. The van der Waals surface area contributed by atoms with Gasteiger partial charge >= 0.3 is 0 Å². The maximum atomic E-state index is 13.1. The highest BCUT2D eigenvalue weighted by Gasteiger charge is 2.15. The first-order valence-corrected chi connectivity index (χ1v) is 10.6. The largest absolute Gasteiger partial charge is 0.497 e. The maximum Gasteiger partial charge on any atom is 0.251 e. The number of tetrazole rings is 1. The molecule has 174 valence electrons. The molecule has 1 heterocycles. The molecule has 0 saturated carbocycles. The zero-order valence-corrected chi connectivity index (χ0v) is 19.2. The third-order valence-electron chi connectivity index (χ3n) is 5.37. The van der Waals surface area contributed by atoms with E-state index >= 15 is 0 Å². The molecule has 1 aromatic heterocycles. The van der Waals surface area contributed by atoms with Crippen LogP contribution in [0.15, 0.2) is 67.0 Å². The first-order chi connectivity index (χ1) is 16.6. The van der Waals surface area contributed by atoms with Crippen LogP contribution in [0.1, 0.15) is 15.9 Å². The highest BCUT2D eigenvalue weighted by Crippen LogP contribution is 2.35. The Bertz CT molecular complexity index is 1260. The van der Waals surface area contributed by atoms with Gasteiger partial charge < -0.3 is 19.5 Å². The molecule has 0 aliphatic carbocycles. The molecule has 1 N–H and O–H groups in total. The third kappa shape index (κ3) is 5.15. The number of benzene rings is 3. The Morgan fingerprint density at radius 1 is 0.912 bits per heavy atom. The summed E-state index contributed by atoms with van der Waals surface area (Å²) in [7, 11) is 4.84. The summed E-state index contributed by atoms with van der Waals surface area (Å²) in [6.07, 6.45) is 2.17. The zero-order chi connectivity index (χ0) is 23.9. The van der Waals surface area contributed by atoms with Crippen molar-refractivity contribution >= 4 is 5.91 Å². The molecular weight excluding hydrogens is 434 g/mol. The average Bonchev–Trinajstić information content (AvgIpc) is 3.43. The second-order valence-electron chi connectivity index (χ2n) is 7.44. The predicted octanol–water partition coefficient (Wildman–Crippen LogP) is 3.33. The van der Waals surface area contributed by atoms with Crippen LogP contribution >= 0.6 is 0 Å². The fourth-order valence-electron chi connectivity index (χ4n) is 3.56. The number of carbonyl (C=O) groups excluding carboxylic acids is 1. The van der Waals surface area contributed by atoms with E-state index in [-0.39, 0.29) is 5.91 Å². The molecule has 0 unspecified atom stereocenters. The number of rotatable bonds is 9. The minimum atomic E-state index is -0.202. The molecule has 4 aromatic rings. The van der Waals surface area contributed by atoms with E-state index < -0.39 is 0 Å². The lowest BCUT2D eigenvalue weighted by Gasteiger charge is -2.14. The molecule has 0 fully saturated rings. The Hall–Kier alpha value is -4.40. The lowest BCUT2D eigenvalue weighted by Crippen LogP contribution is -2.26. The first kappa shape index (κ1) is 22.8. The number of hydrogen-bond donors (Lipinski definition) is 1. The molecule has 0 spiro atoms. The number of methoxy groups -OCH3 is 3. The van der Waals surface area contributed by atoms with Gasteiger partial charge in [-0.05, 0) is 76.5 Å². The van der Waals surface area contributed by atoms with Gasteiger partial charge in [0.25, 0.3) is 5.91 Å². The molecule has 4 rings (SSSR count). The van der Waals surface area contributed by atoms with Crippen molar-refractivity contribution in [2.75, 3.05) is 27.9 Å². The second kappa shape index (κ2) is 10.5. The van der Waals surface area contributed by atoms with Crippen molar-refractivity contribution in [2.45, 2.75) is 6.42 Å². The molecule has 0 radical (unpaired) electrons. The number of carbonyl (C=O) groups is 1.